The standard InChI is InChI=1S/C28H30ClN5O2S/c1-18-24(14-22(29)16-31-18)32-19(2)26-11-12-27(37-26)34(17-35)25(13-20-5-3-4-6-20)28(36)33-23-9-7-21(15-30)8-10-23/h7-12,14,16-17,19-20,25,32H,3-6,13H2,1-2H3,(H,33,36)/t19-,25-/m0/s1. The van der Waals surface area contributed by atoms with Gasteiger partial charge in [-0.25, -0.2) is 0 Å². The number of pyridine rings is 1. The van der Waals surface area contributed by atoms with Crippen LogP contribution in [-0.2, 0) is 9.59 Å². The van der Waals surface area contributed by atoms with Crippen LogP contribution in [0, 0.1) is 24.2 Å². The summed E-state index contributed by atoms with van der Waals surface area (Å²) in [6.45, 7) is 3.95. The van der Waals surface area contributed by atoms with Gasteiger partial charge in [0.1, 0.15) is 6.04 Å². The first kappa shape index (κ1) is 26.6. The van der Waals surface area contributed by atoms with E-state index >= 15 is 0 Å². The van der Waals surface area contributed by atoms with E-state index in [1.165, 1.54) is 11.3 Å². The Morgan fingerprint density at radius 2 is 2.00 bits per heavy atom. The van der Waals surface area contributed by atoms with Gasteiger partial charge in [0.25, 0.3) is 0 Å². The third kappa shape index (κ3) is 6.68. The Bertz CT molecular complexity index is 1280. The predicted octanol–water partition coefficient (Wildman–Crippen LogP) is 6.70. The fraction of sp³-hybridized carbons (Fsp3) is 0.357. The maximum Gasteiger partial charge on any atom is 0.247 e. The normalized spacial score (nSPS) is 15.0. The van der Waals surface area contributed by atoms with Gasteiger partial charge in [0, 0.05) is 16.8 Å². The van der Waals surface area contributed by atoms with Gasteiger partial charge < -0.3 is 10.6 Å². The van der Waals surface area contributed by atoms with E-state index in [1.807, 2.05) is 32.0 Å². The van der Waals surface area contributed by atoms with Crippen LogP contribution in [0.15, 0.2) is 48.7 Å². The molecular weight excluding hydrogens is 506 g/mol. The van der Waals surface area contributed by atoms with Crippen LogP contribution in [0.1, 0.15) is 61.2 Å². The number of benzene rings is 1. The summed E-state index contributed by atoms with van der Waals surface area (Å²) in [5, 5.41) is 16.7. The number of thiophene rings is 1. The summed E-state index contributed by atoms with van der Waals surface area (Å²) < 4.78 is 0. The predicted molar refractivity (Wildman–Crippen MR) is 149 cm³/mol. The number of hydrogen-bond donors (Lipinski definition) is 2. The van der Waals surface area contributed by atoms with Crippen molar-refractivity contribution in [1.82, 2.24) is 4.98 Å². The largest absolute Gasteiger partial charge is 0.376 e. The SMILES string of the molecule is Cc1ncc(Cl)cc1N[C@@H](C)c1ccc(N(C=O)[C@@H](CC2CCCC2)C(=O)Nc2ccc(C#N)cc2)s1. The summed E-state index contributed by atoms with van der Waals surface area (Å²) in [4.78, 5) is 32.8. The quantitative estimate of drug-likeness (QED) is 0.281. The molecule has 37 heavy (non-hydrogen) atoms. The molecule has 1 fully saturated rings. The fourth-order valence-electron chi connectivity index (χ4n) is 4.71. The summed E-state index contributed by atoms with van der Waals surface area (Å²) in [6, 6.07) is 13.9. The molecule has 2 aromatic heterocycles. The third-order valence-electron chi connectivity index (χ3n) is 6.78. The molecular formula is C28H30ClN5O2S. The van der Waals surface area contributed by atoms with Crippen LogP contribution in [0.25, 0.3) is 0 Å². The number of aromatic nitrogens is 1. The molecule has 2 atom stereocenters. The van der Waals surface area contributed by atoms with E-state index in [1.54, 1.807) is 35.4 Å². The minimum absolute atomic E-state index is 0.0491. The highest BCUT2D eigenvalue weighted by molar-refractivity contribution is 7.16. The number of halogens is 1. The molecule has 2 amide bonds. The van der Waals surface area contributed by atoms with Crippen LogP contribution < -0.4 is 15.5 Å². The number of nitrogens with zero attached hydrogens (tertiary/aromatic N) is 3. The zero-order valence-corrected chi connectivity index (χ0v) is 22.5. The highest BCUT2D eigenvalue weighted by atomic mass is 35.5. The first-order valence-electron chi connectivity index (χ1n) is 12.4. The van der Waals surface area contributed by atoms with E-state index in [0.29, 0.717) is 28.6 Å². The van der Waals surface area contributed by atoms with Crippen molar-refractivity contribution < 1.29 is 9.59 Å². The van der Waals surface area contributed by atoms with Crippen LogP contribution in [0.5, 0.6) is 0 Å². The summed E-state index contributed by atoms with van der Waals surface area (Å²) in [7, 11) is 0. The molecule has 1 saturated carbocycles. The van der Waals surface area contributed by atoms with E-state index in [0.717, 1.165) is 53.4 Å². The molecule has 7 nitrogen and oxygen atoms in total. The molecule has 0 spiro atoms. The highest BCUT2D eigenvalue weighted by Gasteiger charge is 2.31. The Labute approximate surface area is 226 Å². The number of hydrogen-bond acceptors (Lipinski definition) is 6. The summed E-state index contributed by atoms with van der Waals surface area (Å²) in [5.41, 5.74) is 2.82. The van der Waals surface area contributed by atoms with Crippen LogP contribution in [0.3, 0.4) is 0 Å². The van der Waals surface area contributed by atoms with Gasteiger partial charge >= 0.3 is 0 Å². The number of anilines is 3. The summed E-state index contributed by atoms with van der Waals surface area (Å²) in [6.07, 6.45) is 7.42. The van der Waals surface area contributed by atoms with Crippen molar-refractivity contribution in [2.24, 2.45) is 5.92 Å². The molecule has 3 aromatic rings. The van der Waals surface area contributed by atoms with E-state index in [9.17, 15) is 9.59 Å². The van der Waals surface area contributed by atoms with Crippen molar-refractivity contribution >= 4 is 51.6 Å². The summed E-state index contributed by atoms with van der Waals surface area (Å²) >= 11 is 7.60. The maximum absolute atomic E-state index is 13.5. The fourth-order valence-corrected chi connectivity index (χ4v) is 5.90. The summed E-state index contributed by atoms with van der Waals surface area (Å²) in [5.74, 6) is 0.169. The average molecular weight is 536 g/mol. The zero-order valence-electron chi connectivity index (χ0n) is 20.9. The molecule has 1 aliphatic rings. The number of aryl methyl sites for hydroxylation is 1. The van der Waals surface area contributed by atoms with Gasteiger partial charge in [-0.05, 0) is 68.7 Å². The topological polar surface area (TPSA) is 98.1 Å². The Balaban J connectivity index is 1.54. The molecule has 2 N–H and O–H groups in total. The van der Waals surface area contributed by atoms with Crippen LogP contribution in [0.2, 0.25) is 5.02 Å². The van der Waals surface area contributed by atoms with Crippen molar-refractivity contribution in [3.8, 4) is 6.07 Å². The first-order valence-corrected chi connectivity index (χ1v) is 13.6. The number of rotatable bonds is 10. The number of amides is 2. The maximum atomic E-state index is 13.5. The van der Waals surface area contributed by atoms with E-state index in [-0.39, 0.29) is 11.9 Å². The molecule has 9 heteroatoms. The van der Waals surface area contributed by atoms with Gasteiger partial charge in [-0.2, -0.15) is 5.26 Å². The Kier molecular flexibility index (Phi) is 8.80. The molecule has 0 radical (unpaired) electrons. The number of carbonyl (C=O) groups is 2. The second-order valence-corrected chi connectivity index (χ2v) is 11.0. The molecule has 0 unspecified atom stereocenters. The lowest BCUT2D eigenvalue weighted by Crippen LogP contribution is -2.44. The Morgan fingerprint density at radius 1 is 1.27 bits per heavy atom. The molecule has 1 aliphatic carbocycles. The lowest BCUT2D eigenvalue weighted by Gasteiger charge is -2.28. The zero-order chi connectivity index (χ0) is 26.4. The second kappa shape index (κ2) is 12.2. The molecule has 1 aromatic carbocycles. The smallest absolute Gasteiger partial charge is 0.247 e. The van der Waals surface area contributed by atoms with Crippen LogP contribution in [0.4, 0.5) is 16.4 Å². The average Bonchev–Trinajstić information content (AvgIpc) is 3.59. The molecule has 0 saturated heterocycles. The Morgan fingerprint density at radius 3 is 2.68 bits per heavy atom. The monoisotopic (exact) mass is 535 g/mol. The van der Waals surface area contributed by atoms with E-state index in [2.05, 4.69) is 21.7 Å². The number of nitrogens with one attached hydrogen (secondary N) is 2. The van der Waals surface area contributed by atoms with Gasteiger partial charge in [0.15, 0.2) is 0 Å². The van der Waals surface area contributed by atoms with Gasteiger partial charge in [-0.3, -0.25) is 19.5 Å². The van der Waals surface area contributed by atoms with Crippen molar-refractivity contribution in [3.05, 3.63) is 69.8 Å². The number of carbonyl (C=O) groups excluding carboxylic acids is 2. The molecule has 0 bridgehead atoms. The van der Waals surface area contributed by atoms with Gasteiger partial charge in [0.05, 0.1) is 39.1 Å². The first-order chi connectivity index (χ1) is 17.9. The van der Waals surface area contributed by atoms with Gasteiger partial charge in [0.2, 0.25) is 12.3 Å². The minimum atomic E-state index is -0.634. The lowest BCUT2D eigenvalue weighted by molar-refractivity contribution is -0.119. The number of nitriles is 1. The Hall–Kier alpha value is -3.41. The lowest BCUT2D eigenvalue weighted by atomic mass is 9.97. The third-order valence-corrected chi connectivity index (χ3v) is 8.27. The van der Waals surface area contributed by atoms with Crippen LogP contribution in [-0.4, -0.2) is 23.3 Å². The minimum Gasteiger partial charge on any atom is -0.376 e. The van der Waals surface area contributed by atoms with Crippen molar-refractivity contribution in [2.75, 3.05) is 15.5 Å². The molecule has 192 valence electrons. The van der Waals surface area contributed by atoms with Crippen molar-refractivity contribution in [2.45, 2.75) is 58.0 Å². The van der Waals surface area contributed by atoms with Gasteiger partial charge in [-0.15, -0.1) is 11.3 Å². The second-order valence-electron chi connectivity index (χ2n) is 9.42. The van der Waals surface area contributed by atoms with Crippen molar-refractivity contribution in [3.63, 3.8) is 0 Å². The van der Waals surface area contributed by atoms with Crippen molar-refractivity contribution in [1.29, 1.82) is 5.26 Å². The molecule has 2 heterocycles. The van der Waals surface area contributed by atoms with E-state index in [4.69, 9.17) is 16.9 Å². The molecule has 4 rings (SSSR count). The van der Waals surface area contributed by atoms with E-state index < -0.39 is 6.04 Å². The van der Waals surface area contributed by atoms with Crippen LogP contribution >= 0.6 is 22.9 Å². The van der Waals surface area contributed by atoms with Gasteiger partial charge in [-0.1, -0.05) is 37.3 Å². The highest BCUT2D eigenvalue weighted by Crippen LogP contribution is 2.36. The molecule has 0 aliphatic heterocycles.